The van der Waals surface area contributed by atoms with Gasteiger partial charge in [0.1, 0.15) is 16.8 Å². The van der Waals surface area contributed by atoms with Crippen LogP contribution >= 0.6 is 0 Å². The Balaban J connectivity index is 1.71. The first-order valence-electron chi connectivity index (χ1n) is 8.70. The maximum absolute atomic E-state index is 14.9. The molecule has 2 aromatic carbocycles. The monoisotopic (exact) mass is 435 g/mol. The van der Waals surface area contributed by atoms with Crippen molar-refractivity contribution in [2.45, 2.75) is 4.90 Å². The number of aromatic nitrogens is 3. The number of rotatable bonds is 3. The first-order valence-corrected chi connectivity index (χ1v) is 10.2. The van der Waals surface area contributed by atoms with Gasteiger partial charge in [-0.25, -0.2) is 22.2 Å². The van der Waals surface area contributed by atoms with Crippen molar-refractivity contribution < 1.29 is 17.2 Å². The Labute approximate surface area is 175 Å². The Morgan fingerprint density at radius 3 is 2.68 bits per heavy atom. The Morgan fingerprint density at radius 1 is 1.06 bits per heavy atom. The number of hydrogen-bond acceptors (Lipinski definition) is 5. The van der Waals surface area contributed by atoms with Gasteiger partial charge in [0.2, 0.25) is 0 Å². The third-order valence-electron chi connectivity index (χ3n) is 4.26. The van der Waals surface area contributed by atoms with Crippen LogP contribution in [-0.4, -0.2) is 23.6 Å². The minimum absolute atomic E-state index is 0.111. The fourth-order valence-electron chi connectivity index (χ4n) is 2.78. The predicted octanol–water partition coefficient (Wildman–Crippen LogP) is 3.31. The molecule has 0 saturated heterocycles. The predicted molar refractivity (Wildman–Crippen MR) is 108 cm³/mol. The molecular weight excluding hydrogens is 424 g/mol. The molecule has 2 heterocycles. The molecule has 0 spiro atoms. The lowest BCUT2D eigenvalue weighted by Crippen LogP contribution is -2.16. The van der Waals surface area contributed by atoms with Gasteiger partial charge >= 0.3 is 0 Å². The van der Waals surface area contributed by atoms with Gasteiger partial charge in [0.05, 0.1) is 23.0 Å². The van der Waals surface area contributed by atoms with Crippen molar-refractivity contribution in [1.82, 2.24) is 15.2 Å². The minimum atomic E-state index is -4.30. The smallest absolute Gasteiger partial charge is 0.263 e. The highest BCUT2D eigenvalue weighted by molar-refractivity contribution is 7.92. The van der Waals surface area contributed by atoms with Crippen LogP contribution in [0.1, 0.15) is 16.7 Å². The topological polar surface area (TPSA) is 112 Å². The lowest BCUT2D eigenvalue weighted by atomic mass is 10.1. The third-order valence-corrected chi connectivity index (χ3v) is 5.68. The Hall–Kier alpha value is -4.28. The van der Waals surface area contributed by atoms with Crippen molar-refractivity contribution in [2.24, 2.45) is 0 Å². The molecule has 0 unspecified atom stereocenters. The SMILES string of the molecule is N#Cc1ccccc1S(=O)(=O)Nc1ccc(F)c(C#Cc2cnc3[nH]ncc3c2)c1F. The molecule has 0 aliphatic carbocycles. The summed E-state index contributed by atoms with van der Waals surface area (Å²) in [5.41, 5.74) is -0.291. The van der Waals surface area contributed by atoms with E-state index in [1.54, 1.807) is 12.1 Å². The van der Waals surface area contributed by atoms with Gasteiger partial charge in [-0.2, -0.15) is 10.4 Å². The number of benzene rings is 2. The van der Waals surface area contributed by atoms with E-state index in [1.807, 2.05) is 0 Å². The van der Waals surface area contributed by atoms with Crippen LogP contribution in [0.3, 0.4) is 0 Å². The maximum atomic E-state index is 14.9. The van der Waals surface area contributed by atoms with E-state index in [-0.39, 0.29) is 10.5 Å². The standard InChI is InChI=1S/C21H11F2N5O2S/c22-17-7-8-18(28-31(29,30)19-4-2-1-3-14(19)10-24)20(23)16(17)6-5-13-9-15-12-26-27-21(15)25-11-13/h1-4,7-9,11-12,28H,(H,25,26,27). The van der Waals surface area contributed by atoms with Crippen molar-refractivity contribution in [2.75, 3.05) is 4.72 Å². The summed E-state index contributed by atoms with van der Waals surface area (Å²) in [6, 6.07) is 10.7. The van der Waals surface area contributed by atoms with Crippen molar-refractivity contribution >= 4 is 26.7 Å². The van der Waals surface area contributed by atoms with Gasteiger partial charge in [-0.3, -0.25) is 9.82 Å². The van der Waals surface area contributed by atoms with E-state index in [9.17, 15) is 17.2 Å². The number of halogens is 2. The van der Waals surface area contributed by atoms with Crippen LogP contribution in [0.4, 0.5) is 14.5 Å². The molecule has 7 nitrogen and oxygen atoms in total. The molecule has 0 amide bonds. The number of H-pyrrole nitrogens is 1. The zero-order valence-corrected chi connectivity index (χ0v) is 16.3. The van der Waals surface area contributed by atoms with Gasteiger partial charge in [-0.1, -0.05) is 24.0 Å². The summed E-state index contributed by atoms with van der Waals surface area (Å²) in [4.78, 5) is 3.76. The summed E-state index contributed by atoms with van der Waals surface area (Å²) in [6.45, 7) is 0. The molecule has 0 bridgehead atoms. The van der Waals surface area contributed by atoms with Crippen LogP contribution < -0.4 is 4.72 Å². The van der Waals surface area contributed by atoms with Crippen LogP contribution in [0, 0.1) is 34.8 Å². The molecule has 152 valence electrons. The van der Waals surface area contributed by atoms with Crippen LogP contribution in [-0.2, 0) is 10.0 Å². The van der Waals surface area contributed by atoms with Crippen LogP contribution in [0.5, 0.6) is 0 Å². The second-order valence-corrected chi connectivity index (χ2v) is 7.93. The van der Waals surface area contributed by atoms with E-state index < -0.39 is 32.9 Å². The molecule has 2 N–H and O–H groups in total. The van der Waals surface area contributed by atoms with E-state index in [0.29, 0.717) is 16.6 Å². The molecule has 0 aliphatic heterocycles. The Bertz CT molecular complexity index is 1530. The number of nitrogens with one attached hydrogen (secondary N) is 2. The average Bonchev–Trinajstić information content (AvgIpc) is 3.23. The normalized spacial score (nSPS) is 10.9. The molecule has 0 atom stereocenters. The second-order valence-electron chi connectivity index (χ2n) is 6.28. The fourth-order valence-corrected chi connectivity index (χ4v) is 4.00. The van der Waals surface area contributed by atoms with Gasteiger partial charge in [-0.05, 0) is 30.3 Å². The van der Waals surface area contributed by atoms with Crippen LogP contribution in [0.25, 0.3) is 11.0 Å². The number of hydrogen-bond donors (Lipinski definition) is 2. The lowest BCUT2D eigenvalue weighted by Gasteiger charge is -2.11. The highest BCUT2D eigenvalue weighted by atomic mass is 32.2. The van der Waals surface area contributed by atoms with Gasteiger partial charge in [0, 0.05) is 17.1 Å². The molecular formula is C21H11F2N5O2S. The minimum Gasteiger partial charge on any atom is -0.277 e. The van der Waals surface area contributed by atoms with E-state index >= 15 is 0 Å². The highest BCUT2D eigenvalue weighted by Gasteiger charge is 2.21. The number of sulfonamides is 1. The van der Waals surface area contributed by atoms with Gasteiger partial charge in [0.25, 0.3) is 10.0 Å². The van der Waals surface area contributed by atoms with Crippen molar-refractivity contribution in [3.63, 3.8) is 0 Å². The first kappa shape index (κ1) is 20.0. The largest absolute Gasteiger partial charge is 0.277 e. The second kappa shape index (κ2) is 7.86. The fraction of sp³-hybridized carbons (Fsp3) is 0. The summed E-state index contributed by atoms with van der Waals surface area (Å²) in [5.74, 6) is 2.86. The van der Waals surface area contributed by atoms with E-state index in [1.165, 1.54) is 36.7 Å². The molecule has 4 aromatic rings. The highest BCUT2D eigenvalue weighted by Crippen LogP contribution is 2.25. The number of nitriles is 1. The molecule has 0 saturated carbocycles. The summed E-state index contributed by atoms with van der Waals surface area (Å²) in [5, 5.41) is 16.3. The first-order chi connectivity index (χ1) is 14.9. The maximum Gasteiger partial charge on any atom is 0.263 e. The zero-order chi connectivity index (χ0) is 22.0. The van der Waals surface area contributed by atoms with E-state index in [2.05, 4.69) is 31.7 Å². The molecule has 4 rings (SSSR count). The molecule has 2 aromatic heterocycles. The summed E-state index contributed by atoms with van der Waals surface area (Å²) < 4.78 is 56.4. The van der Waals surface area contributed by atoms with E-state index in [0.717, 1.165) is 12.1 Å². The number of anilines is 1. The molecule has 0 radical (unpaired) electrons. The van der Waals surface area contributed by atoms with Crippen molar-refractivity contribution in [3.05, 3.63) is 83.2 Å². The molecule has 0 fully saturated rings. The summed E-state index contributed by atoms with van der Waals surface area (Å²) >= 11 is 0. The number of nitrogens with zero attached hydrogens (tertiary/aromatic N) is 3. The van der Waals surface area contributed by atoms with Crippen LogP contribution in [0.2, 0.25) is 0 Å². The lowest BCUT2D eigenvalue weighted by molar-refractivity contribution is 0.578. The number of fused-ring (bicyclic) bond motifs is 1. The Morgan fingerprint density at radius 2 is 1.87 bits per heavy atom. The molecule has 31 heavy (non-hydrogen) atoms. The van der Waals surface area contributed by atoms with Gasteiger partial charge < -0.3 is 0 Å². The summed E-state index contributed by atoms with van der Waals surface area (Å²) in [6.07, 6.45) is 2.94. The van der Waals surface area contributed by atoms with E-state index in [4.69, 9.17) is 5.26 Å². The molecule has 10 heteroatoms. The van der Waals surface area contributed by atoms with Crippen molar-refractivity contribution in [3.8, 4) is 17.9 Å². The number of aromatic amines is 1. The third kappa shape index (κ3) is 3.92. The molecule has 0 aliphatic rings. The zero-order valence-electron chi connectivity index (χ0n) is 15.5. The summed E-state index contributed by atoms with van der Waals surface area (Å²) in [7, 11) is -4.30. The Kier molecular flexibility index (Phi) is 5.07. The average molecular weight is 435 g/mol. The van der Waals surface area contributed by atoms with Crippen LogP contribution in [0.15, 0.2) is 59.8 Å². The number of pyridine rings is 1. The van der Waals surface area contributed by atoms with Gasteiger partial charge in [0.15, 0.2) is 11.5 Å². The van der Waals surface area contributed by atoms with Crippen molar-refractivity contribution in [1.29, 1.82) is 5.26 Å². The quantitative estimate of drug-likeness (QED) is 0.480. The van der Waals surface area contributed by atoms with Gasteiger partial charge in [-0.15, -0.1) is 0 Å².